The number of hydrogen-bond donors (Lipinski definition) is 0. The molecule has 0 aliphatic carbocycles. The zero-order chi connectivity index (χ0) is 24.4. The highest BCUT2D eigenvalue weighted by atomic mass is 32.1. The van der Waals surface area contributed by atoms with Crippen LogP contribution in [0.1, 0.15) is 0 Å². The van der Waals surface area contributed by atoms with Crippen LogP contribution < -0.4 is 15.9 Å². The topological polar surface area (TPSA) is 30.2 Å². The molecule has 174 valence electrons. The Morgan fingerprint density at radius 1 is 0.528 bits per heavy atom. The highest BCUT2D eigenvalue weighted by Gasteiger charge is 2.39. The van der Waals surface area contributed by atoms with Gasteiger partial charge in [-0.05, 0) is 17.0 Å². The van der Waals surface area contributed by atoms with Crippen molar-refractivity contribution >= 4 is 34.4 Å². The van der Waals surface area contributed by atoms with E-state index in [1.165, 1.54) is 0 Å². The van der Waals surface area contributed by atoms with Crippen LogP contribution in [0.15, 0.2) is 143 Å². The minimum absolute atomic E-state index is 0.666. The fourth-order valence-corrected chi connectivity index (χ4v) is 8.43. The molecule has 0 aliphatic rings. The molecular weight excluding hydrogens is 479 g/mol. The molecule has 0 atom stereocenters. The highest BCUT2D eigenvalue weighted by Crippen LogP contribution is 2.52. The maximum absolute atomic E-state index is 15.7. The number of furan rings is 1. The van der Waals surface area contributed by atoms with Crippen LogP contribution in [-0.4, -0.2) is 0 Å². The van der Waals surface area contributed by atoms with E-state index >= 15 is 4.57 Å². The molecule has 0 unspecified atom stereocenters. The van der Waals surface area contributed by atoms with E-state index in [1.54, 1.807) is 11.3 Å². The van der Waals surface area contributed by atoms with Crippen molar-refractivity contribution in [2.24, 2.45) is 0 Å². The zero-order valence-electron chi connectivity index (χ0n) is 19.5. The number of hydrogen-bond acceptors (Lipinski definition) is 3. The molecule has 0 aliphatic heterocycles. The van der Waals surface area contributed by atoms with Crippen LogP contribution in [0.4, 0.5) is 0 Å². The van der Waals surface area contributed by atoms with Gasteiger partial charge in [-0.3, -0.25) is 0 Å². The molecule has 0 amide bonds. The van der Waals surface area contributed by atoms with Gasteiger partial charge in [0.2, 0.25) is 0 Å². The Bertz CT molecular complexity index is 1580. The molecule has 36 heavy (non-hydrogen) atoms. The van der Waals surface area contributed by atoms with Gasteiger partial charge in [-0.25, -0.2) is 0 Å². The second-order valence-corrected chi connectivity index (χ2v) is 12.1. The Labute approximate surface area is 214 Å². The molecule has 0 N–H and O–H groups in total. The first-order chi connectivity index (χ1) is 17.8. The Kier molecular flexibility index (Phi) is 6.03. The number of thiophene rings is 1. The lowest BCUT2D eigenvalue weighted by Crippen LogP contribution is -2.26. The van der Waals surface area contributed by atoms with E-state index in [1.807, 2.05) is 127 Å². The van der Waals surface area contributed by atoms with Crippen LogP contribution in [0.3, 0.4) is 0 Å². The van der Waals surface area contributed by atoms with Gasteiger partial charge in [0.25, 0.3) is 0 Å². The van der Waals surface area contributed by atoms with Gasteiger partial charge < -0.3 is 8.98 Å². The smallest absolute Gasteiger partial charge is 0.175 e. The molecule has 0 spiro atoms. The lowest BCUT2D eigenvalue weighted by molar-refractivity contribution is 0.590. The standard InChI is InChI=1S/C32H23O2PS/c33-35(26-18-9-3-10-19-26,27-20-11-4-12-21-27)32-29(24-14-5-1-6-15-24)30(25-16-7-2-8-17-25)34-31(32)28-22-13-23-36-28/h1-23H. The summed E-state index contributed by atoms with van der Waals surface area (Å²) in [6, 6.07) is 43.9. The molecule has 2 nitrogen and oxygen atoms in total. The number of rotatable bonds is 6. The molecule has 0 saturated heterocycles. The summed E-state index contributed by atoms with van der Waals surface area (Å²) in [5.74, 6) is 1.39. The zero-order valence-corrected chi connectivity index (χ0v) is 21.2. The van der Waals surface area contributed by atoms with Crippen LogP contribution in [0.5, 0.6) is 0 Å². The van der Waals surface area contributed by atoms with Gasteiger partial charge in [0.1, 0.15) is 5.76 Å². The van der Waals surface area contributed by atoms with Gasteiger partial charge in [0.05, 0.1) is 10.2 Å². The Morgan fingerprint density at radius 2 is 1.03 bits per heavy atom. The summed E-state index contributed by atoms with van der Waals surface area (Å²) in [7, 11) is -3.34. The van der Waals surface area contributed by atoms with Crippen molar-refractivity contribution in [2.45, 2.75) is 0 Å². The van der Waals surface area contributed by atoms with Crippen molar-refractivity contribution in [1.82, 2.24) is 0 Å². The lowest BCUT2D eigenvalue weighted by Gasteiger charge is -2.21. The highest BCUT2D eigenvalue weighted by molar-refractivity contribution is 7.85. The third kappa shape index (κ3) is 3.87. The van der Waals surface area contributed by atoms with Crippen molar-refractivity contribution in [1.29, 1.82) is 0 Å². The SMILES string of the molecule is O=P(c1ccccc1)(c1ccccc1)c1c(-c2cccs2)oc(-c2ccccc2)c1-c1ccccc1. The molecule has 0 radical (unpaired) electrons. The number of benzene rings is 4. The molecule has 2 heterocycles. The normalized spacial score (nSPS) is 11.4. The predicted molar refractivity (Wildman–Crippen MR) is 152 cm³/mol. The lowest BCUT2D eigenvalue weighted by atomic mass is 10.0. The van der Waals surface area contributed by atoms with Crippen LogP contribution in [0.2, 0.25) is 0 Å². The Morgan fingerprint density at radius 3 is 1.53 bits per heavy atom. The van der Waals surface area contributed by atoms with E-state index in [4.69, 9.17) is 4.42 Å². The van der Waals surface area contributed by atoms with Crippen molar-refractivity contribution < 1.29 is 8.98 Å². The third-order valence-corrected chi connectivity index (χ3v) is 10.3. The predicted octanol–water partition coefficient (Wildman–Crippen LogP) is 7.98. The molecule has 0 bridgehead atoms. The average Bonchev–Trinajstić information content (AvgIpc) is 3.63. The third-order valence-electron chi connectivity index (χ3n) is 6.28. The van der Waals surface area contributed by atoms with Crippen molar-refractivity contribution in [3.63, 3.8) is 0 Å². The molecule has 6 rings (SSSR count). The Hall–Kier alpha value is -3.91. The molecule has 0 saturated carbocycles. The monoisotopic (exact) mass is 502 g/mol. The van der Waals surface area contributed by atoms with Gasteiger partial charge >= 0.3 is 0 Å². The molecule has 6 aromatic rings. The van der Waals surface area contributed by atoms with E-state index in [0.717, 1.165) is 43.2 Å². The van der Waals surface area contributed by atoms with Gasteiger partial charge in [0.15, 0.2) is 12.9 Å². The van der Waals surface area contributed by atoms with Crippen LogP contribution in [0, 0.1) is 0 Å². The van der Waals surface area contributed by atoms with Gasteiger partial charge in [0, 0.05) is 21.7 Å². The van der Waals surface area contributed by atoms with Gasteiger partial charge in [-0.15, -0.1) is 11.3 Å². The minimum atomic E-state index is -3.34. The summed E-state index contributed by atoms with van der Waals surface area (Å²) < 4.78 is 22.5. The fraction of sp³-hybridized carbons (Fsp3) is 0. The molecule has 0 fully saturated rings. The summed E-state index contributed by atoms with van der Waals surface area (Å²) >= 11 is 1.59. The first-order valence-corrected chi connectivity index (χ1v) is 14.4. The van der Waals surface area contributed by atoms with Crippen LogP contribution in [-0.2, 0) is 4.57 Å². The van der Waals surface area contributed by atoms with Crippen LogP contribution in [0.25, 0.3) is 33.1 Å². The van der Waals surface area contributed by atoms with Gasteiger partial charge in [-0.1, -0.05) is 127 Å². The fourth-order valence-electron chi connectivity index (χ4n) is 4.65. The summed E-state index contributed by atoms with van der Waals surface area (Å²) in [5.41, 5.74) is 2.80. The van der Waals surface area contributed by atoms with E-state index in [0.29, 0.717) is 5.76 Å². The molecule has 4 heteroatoms. The summed E-state index contributed by atoms with van der Waals surface area (Å²) in [5, 5.41) is 4.34. The summed E-state index contributed by atoms with van der Waals surface area (Å²) in [4.78, 5) is 0.955. The summed E-state index contributed by atoms with van der Waals surface area (Å²) in [6.45, 7) is 0. The molecule has 4 aromatic carbocycles. The van der Waals surface area contributed by atoms with Crippen molar-refractivity contribution in [3.05, 3.63) is 139 Å². The van der Waals surface area contributed by atoms with Crippen molar-refractivity contribution in [3.8, 4) is 33.1 Å². The first kappa shape index (κ1) is 22.5. The first-order valence-electron chi connectivity index (χ1n) is 11.8. The Balaban J connectivity index is 1.80. The van der Waals surface area contributed by atoms with E-state index < -0.39 is 7.14 Å². The quantitative estimate of drug-likeness (QED) is 0.216. The largest absolute Gasteiger partial charge is 0.454 e. The maximum Gasteiger partial charge on any atom is 0.175 e. The van der Waals surface area contributed by atoms with Gasteiger partial charge in [-0.2, -0.15) is 0 Å². The van der Waals surface area contributed by atoms with E-state index in [-0.39, 0.29) is 0 Å². The maximum atomic E-state index is 15.7. The van der Waals surface area contributed by atoms with Crippen molar-refractivity contribution in [2.75, 3.05) is 0 Å². The summed E-state index contributed by atoms with van der Waals surface area (Å²) in [6.07, 6.45) is 0. The minimum Gasteiger partial charge on any atom is -0.454 e. The average molecular weight is 503 g/mol. The molecule has 2 aromatic heterocycles. The second-order valence-electron chi connectivity index (χ2n) is 8.47. The van der Waals surface area contributed by atoms with E-state index in [2.05, 4.69) is 12.1 Å². The van der Waals surface area contributed by atoms with E-state index in [9.17, 15) is 0 Å². The van der Waals surface area contributed by atoms with Crippen LogP contribution >= 0.6 is 18.5 Å². The second kappa shape index (κ2) is 9.62. The molecular formula is C32H23O2PS.